The van der Waals surface area contributed by atoms with Crippen LogP contribution in [0.5, 0.6) is 0 Å². The number of halogens is 1. The Labute approximate surface area is 217 Å². The molecule has 36 heavy (non-hydrogen) atoms. The summed E-state index contributed by atoms with van der Waals surface area (Å²) in [7, 11) is -3.86. The molecule has 2 heterocycles. The summed E-state index contributed by atoms with van der Waals surface area (Å²) in [5.41, 5.74) is 0.785. The van der Waals surface area contributed by atoms with Crippen LogP contribution in [0.15, 0.2) is 71.6 Å². The summed E-state index contributed by atoms with van der Waals surface area (Å²) >= 11 is 1.60. The fourth-order valence-electron chi connectivity index (χ4n) is 4.34. The molecular weight excluding hydrogens is 497 g/mol. The van der Waals surface area contributed by atoms with Gasteiger partial charge in [0.1, 0.15) is 5.82 Å². The van der Waals surface area contributed by atoms with E-state index in [0.29, 0.717) is 13.1 Å². The summed E-state index contributed by atoms with van der Waals surface area (Å²) in [6.07, 6.45) is 2.21. The van der Waals surface area contributed by atoms with Crippen molar-refractivity contribution in [3.05, 3.63) is 87.9 Å². The second-order valence-corrected chi connectivity index (χ2v) is 12.4. The monoisotopic (exact) mass is 529 g/mol. The number of hydrogen-bond donors (Lipinski definition) is 0. The normalized spacial score (nSPS) is 14.4. The Hall–Kier alpha value is -2.59. The van der Waals surface area contributed by atoms with Crippen LogP contribution in [0, 0.1) is 12.7 Å². The highest BCUT2D eigenvalue weighted by atomic mass is 32.2. The van der Waals surface area contributed by atoms with E-state index in [1.807, 2.05) is 19.1 Å². The molecule has 0 spiro atoms. The second-order valence-electron chi connectivity index (χ2n) is 9.09. The first-order valence-electron chi connectivity index (χ1n) is 12.2. The maximum atomic E-state index is 13.6. The number of carbonyl (C=O) groups excluding carboxylic acids is 1. The zero-order chi connectivity index (χ0) is 25.5. The highest BCUT2D eigenvalue weighted by Crippen LogP contribution is 2.21. The minimum absolute atomic E-state index is 0.179. The number of amides is 1. The number of rotatable bonds is 11. The van der Waals surface area contributed by atoms with Crippen LogP contribution < -0.4 is 0 Å². The molecule has 1 fully saturated rings. The van der Waals surface area contributed by atoms with Gasteiger partial charge in [0.2, 0.25) is 15.9 Å². The van der Waals surface area contributed by atoms with Crippen LogP contribution in [-0.4, -0.2) is 61.2 Å². The molecule has 3 aromatic rings. The largest absolute Gasteiger partial charge is 0.332 e. The molecule has 1 aliphatic rings. The average molecular weight is 530 g/mol. The molecule has 0 atom stereocenters. The molecule has 0 radical (unpaired) electrons. The number of nitrogens with zero attached hydrogens (tertiary/aromatic N) is 3. The zero-order valence-corrected chi connectivity index (χ0v) is 22.1. The zero-order valence-electron chi connectivity index (χ0n) is 20.5. The van der Waals surface area contributed by atoms with Crippen LogP contribution in [0.1, 0.15) is 28.2 Å². The van der Waals surface area contributed by atoms with Crippen molar-refractivity contribution in [2.75, 3.05) is 32.7 Å². The van der Waals surface area contributed by atoms with E-state index in [4.69, 9.17) is 0 Å². The summed E-state index contributed by atoms with van der Waals surface area (Å²) in [5.74, 6) is -0.626. The Morgan fingerprint density at radius 2 is 1.67 bits per heavy atom. The summed E-state index contributed by atoms with van der Waals surface area (Å²) in [4.78, 5) is 19.9. The van der Waals surface area contributed by atoms with Gasteiger partial charge in [0.25, 0.3) is 0 Å². The molecule has 6 nitrogen and oxygen atoms in total. The lowest BCUT2D eigenvalue weighted by Gasteiger charge is -2.28. The molecule has 9 heteroatoms. The van der Waals surface area contributed by atoms with Gasteiger partial charge in [-0.3, -0.25) is 4.79 Å². The topological polar surface area (TPSA) is 60.9 Å². The van der Waals surface area contributed by atoms with Gasteiger partial charge in [-0.25, -0.2) is 12.8 Å². The minimum atomic E-state index is -3.86. The summed E-state index contributed by atoms with van der Waals surface area (Å²) in [6.45, 7) is 5.10. The number of aryl methyl sites for hydroxylation is 1. The standard InChI is InChI=1S/C27H32FN3O3S2/c1-22-9-14-25(35-22)20-30(19-23-10-12-24(28)13-11-23)27(32)21-31(18-17-29-15-5-6-16-29)36(33,34)26-7-3-2-4-8-26/h2-4,7-14H,5-6,15-21H2,1H3. The van der Waals surface area contributed by atoms with E-state index in [0.717, 1.165) is 41.2 Å². The van der Waals surface area contributed by atoms with Gasteiger partial charge < -0.3 is 9.80 Å². The fraction of sp³-hybridized carbons (Fsp3) is 0.370. The third kappa shape index (κ3) is 7.00. The number of thiophene rings is 1. The Morgan fingerprint density at radius 1 is 0.972 bits per heavy atom. The molecule has 0 N–H and O–H groups in total. The van der Waals surface area contributed by atoms with Gasteiger partial charge in [-0.05, 0) is 74.8 Å². The van der Waals surface area contributed by atoms with Gasteiger partial charge in [0.15, 0.2) is 0 Å². The molecule has 1 saturated heterocycles. The number of carbonyl (C=O) groups is 1. The number of benzene rings is 2. The highest BCUT2D eigenvalue weighted by molar-refractivity contribution is 7.89. The predicted molar refractivity (Wildman–Crippen MR) is 141 cm³/mol. The summed E-state index contributed by atoms with van der Waals surface area (Å²) < 4.78 is 41.9. The quantitative estimate of drug-likeness (QED) is 0.367. The maximum Gasteiger partial charge on any atom is 0.243 e. The first-order valence-corrected chi connectivity index (χ1v) is 14.4. The molecule has 0 bridgehead atoms. The van der Waals surface area contributed by atoms with Crippen LogP contribution >= 0.6 is 11.3 Å². The molecule has 0 unspecified atom stereocenters. The van der Waals surface area contributed by atoms with Crippen LogP contribution in [0.2, 0.25) is 0 Å². The molecule has 1 amide bonds. The fourth-order valence-corrected chi connectivity index (χ4v) is 6.64. The maximum absolute atomic E-state index is 13.6. The van der Waals surface area contributed by atoms with Crippen LogP contribution in [0.4, 0.5) is 4.39 Å². The van der Waals surface area contributed by atoms with Crippen molar-refractivity contribution in [1.29, 1.82) is 0 Å². The molecular formula is C27H32FN3O3S2. The number of likely N-dealkylation sites (tertiary alicyclic amines) is 1. The van der Waals surface area contributed by atoms with Gasteiger partial charge in [-0.15, -0.1) is 11.3 Å². The first kappa shape index (κ1) is 26.5. The van der Waals surface area contributed by atoms with Gasteiger partial charge >= 0.3 is 0 Å². The molecule has 1 aliphatic heterocycles. The SMILES string of the molecule is Cc1ccc(CN(Cc2ccc(F)cc2)C(=O)CN(CCN2CCCC2)S(=O)(=O)c2ccccc2)s1. The van der Waals surface area contributed by atoms with Crippen LogP contribution in [0.25, 0.3) is 0 Å². The number of hydrogen-bond acceptors (Lipinski definition) is 5. The van der Waals surface area contributed by atoms with E-state index < -0.39 is 10.0 Å². The van der Waals surface area contributed by atoms with Gasteiger partial charge in [0, 0.05) is 29.4 Å². The molecule has 0 saturated carbocycles. The van der Waals surface area contributed by atoms with Crippen molar-refractivity contribution in [2.45, 2.75) is 37.8 Å². The molecule has 4 rings (SSSR count). The summed E-state index contributed by atoms with van der Waals surface area (Å²) in [5, 5.41) is 0. The summed E-state index contributed by atoms with van der Waals surface area (Å²) in [6, 6.07) is 18.3. The Balaban J connectivity index is 1.57. The average Bonchev–Trinajstić information content (AvgIpc) is 3.54. The highest BCUT2D eigenvalue weighted by Gasteiger charge is 2.29. The first-order chi connectivity index (χ1) is 17.3. The van der Waals surface area contributed by atoms with Crippen molar-refractivity contribution in [1.82, 2.24) is 14.1 Å². The third-order valence-electron chi connectivity index (χ3n) is 6.34. The van der Waals surface area contributed by atoms with Gasteiger partial charge in [0.05, 0.1) is 18.0 Å². The van der Waals surface area contributed by atoms with E-state index in [1.54, 1.807) is 58.7 Å². The predicted octanol–water partition coefficient (Wildman–Crippen LogP) is 4.51. The van der Waals surface area contributed by atoms with E-state index >= 15 is 0 Å². The van der Waals surface area contributed by atoms with Crippen molar-refractivity contribution >= 4 is 27.3 Å². The van der Waals surface area contributed by atoms with E-state index in [2.05, 4.69) is 4.90 Å². The van der Waals surface area contributed by atoms with E-state index in [-0.39, 0.29) is 36.3 Å². The van der Waals surface area contributed by atoms with E-state index in [9.17, 15) is 17.6 Å². The van der Waals surface area contributed by atoms with Crippen LogP contribution in [0.3, 0.4) is 0 Å². The number of sulfonamides is 1. The Bertz CT molecular complexity index is 1240. The van der Waals surface area contributed by atoms with Crippen LogP contribution in [-0.2, 0) is 27.9 Å². The lowest BCUT2D eigenvalue weighted by atomic mass is 10.2. The van der Waals surface area contributed by atoms with Crippen molar-refractivity contribution < 1.29 is 17.6 Å². The van der Waals surface area contributed by atoms with Gasteiger partial charge in [-0.1, -0.05) is 30.3 Å². The Morgan fingerprint density at radius 3 is 2.31 bits per heavy atom. The molecule has 2 aromatic carbocycles. The third-order valence-corrected chi connectivity index (χ3v) is 9.18. The molecule has 0 aliphatic carbocycles. The smallest absolute Gasteiger partial charge is 0.243 e. The van der Waals surface area contributed by atoms with Crippen molar-refractivity contribution in [3.63, 3.8) is 0 Å². The van der Waals surface area contributed by atoms with Gasteiger partial charge in [-0.2, -0.15) is 4.31 Å². The second kappa shape index (κ2) is 12.1. The van der Waals surface area contributed by atoms with Crippen molar-refractivity contribution in [3.8, 4) is 0 Å². The van der Waals surface area contributed by atoms with E-state index in [1.165, 1.54) is 16.4 Å². The Kier molecular flexibility index (Phi) is 8.90. The molecule has 192 valence electrons. The minimum Gasteiger partial charge on any atom is -0.332 e. The molecule has 1 aromatic heterocycles. The lowest BCUT2D eigenvalue weighted by Crippen LogP contribution is -2.45. The van der Waals surface area contributed by atoms with Crippen molar-refractivity contribution in [2.24, 2.45) is 0 Å². The lowest BCUT2D eigenvalue weighted by molar-refractivity contribution is -0.132.